The second kappa shape index (κ2) is 9.79. The number of morpholine rings is 1. The van der Waals surface area contributed by atoms with Crippen LogP contribution in [0.1, 0.15) is 25.3 Å². The summed E-state index contributed by atoms with van der Waals surface area (Å²) in [5.41, 5.74) is 0.985. The largest absolute Gasteiger partial charge is 0.369 e. The van der Waals surface area contributed by atoms with Gasteiger partial charge in [0.25, 0.3) is 0 Å². The Morgan fingerprint density at radius 2 is 1.60 bits per heavy atom. The lowest BCUT2D eigenvalue weighted by molar-refractivity contribution is -0.154. The van der Waals surface area contributed by atoms with Crippen LogP contribution < -0.4 is 0 Å². The summed E-state index contributed by atoms with van der Waals surface area (Å²) in [5, 5.41) is 0. The summed E-state index contributed by atoms with van der Waals surface area (Å²) < 4.78 is 34.3. The lowest BCUT2D eigenvalue weighted by atomic mass is 9.89. The molecule has 30 heavy (non-hydrogen) atoms. The van der Waals surface area contributed by atoms with Crippen LogP contribution in [0.15, 0.2) is 65.6 Å². The van der Waals surface area contributed by atoms with E-state index in [1.54, 1.807) is 28.6 Å². The summed E-state index contributed by atoms with van der Waals surface area (Å²) >= 11 is 0. The summed E-state index contributed by atoms with van der Waals surface area (Å²) in [6, 6.07) is 19.3. The fourth-order valence-electron chi connectivity index (χ4n) is 4.49. The van der Waals surface area contributed by atoms with Gasteiger partial charge in [-0.1, -0.05) is 48.5 Å². The predicted octanol–water partition coefficient (Wildman–Crippen LogP) is 3.60. The van der Waals surface area contributed by atoms with Gasteiger partial charge < -0.3 is 9.64 Å². The number of rotatable bonds is 5. The second-order valence-corrected chi connectivity index (χ2v) is 10.2. The normalized spacial score (nSPS) is 22.5. The molecule has 0 bridgehead atoms. The van der Waals surface area contributed by atoms with Gasteiger partial charge in [0, 0.05) is 32.7 Å². The number of ether oxygens (including phenoxy) is 1. The molecule has 2 aromatic rings. The molecule has 7 heteroatoms. The van der Waals surface area contributed by atoms with Crippen molar-refractivity contribution < 1.29 is 13.2 Å². The Hall–Kier alpha value is -1.44. The number of benzene rings is 2. The van der Waals surface area contributed by atoms with E-state index in [1.807, 2.05) is 19.1 Å². The van der Waals surface area contributed by atoms with Gasteiger partial charge in [0.05, 0.1) is 16.6 Å². The zero-order chi connectivity index (χ0) is 20.3. The number of likely N-dealkylation sites (tertiary alicyclic amines) is 1. The van der Waals surface area contributed by atoms with E-state index in [2.05, 4.69) is 29.2 Å². The van der Waals surface area contributed by atoms with Gasteiger partial charge in [-0.15, -0.1) is 12.4 Å². The van der Waals surface area contributed by atoms with Crippen molar-refractivity contribution >= 4 is 22.4 Å². The maximum absolute atomic E-state index is 13.1. The Morgan fingerprint density at radius 1 is 1.00 bits per heavy atom. The van der Waals surface area contributed by atoms with Gasteiger partial charge in [-0.05, 0) is 43.9 Å². The maximum atomic E-state index is 13.1. The minimum absolute atomic E-state index is 0. The SMILES string of the molecule is CC1CN(S(=O)(=O)c2ccccc2)CC2(CCN(CCc3ccccc3)CC2)O1.Cl. The van der Waals surface area contributed by atoms with Crippen LogP contribution in [-0.2, 0) is 21.2 Å². The Labute approximate surface area is 186 Å². The van der Waals surface area contributed by atoms with Crippen LogP contribution in [0.25, 0.3) is 0 Å². The monoisotopic (exact) mass is 450 g/mol. The third-order valence-corrected chi connectivity index (χ3v) is 7.91. The maximum Gasteiger partial charge on any atom is 0.243 e. The number of hydrogen-bond acceptors (Lipinski definition) is 4. The Bertz CT molecular complexity index is 901. The molecule has 2 aliphatic rings. The first-order valence-electron chi connectivity index (χ1n) is 10.5. The zero-order valence-electron chi connectivity index (χ0n) is 17.4. The van der Waals surface area contributed by atoms with E-state index in [-0.39, 0.29) is 24.1 Å². The average molecular weight is 451 g/mol. The van der Waals surface area contributed by atoms with Crippen LogP contribution in [-0.4, -0.2) is 62.1 Å². The number of nitrogens with zero attached hydrogens (tertiary/aromatic N) is 2. The predicted molar refractivity (Wildman–Crippen MR) is 122 cm³/mol. The molecule has 1 atom stereocenters. The van der Waals surface area contributed by atoms with Crippen molar-refractivity contribution in [3.8, 4) is 0 Å². The molecule has 2 fully saturated rings. The van der Waals surface area contributed by atoms with E-state index in [9.17, 15) is 8.42 Å². The van der Waals surface area contributed by atoms with Gasteiger partial charge in [0.15, 0.2) is 0 Å². The molecular weight excluding hydrogens is 420 g/mol. The highest BCUT2D eigenvalue weighted by Gasteiger charge is 2.45. The summed E-state index contributed by atoms with van der Waals surface area (Å²) in [5.74, 6) is 0. The summed E-state index contributed by atoms with van der Waals surface area (Å²) in [7, 11) is -3.49. The molecule has 2 saturated heterocycles. The third-order valence-electron chi connectivity index (χ3n) is 6.08. The van der Waals surface area contributed by atoms with Crippen molar-refractivity contribution in [1.29, 1.82) is 0 Å². The van der Waals surface area contributed by atoms with E-state index in [0.29, 0.717) is 18.0 Å². The fourth-order valence-corrected chi connectivity index (χ4v) is 6.10. The number of piperidine rings is 1. The first-order chi connectivity index (χ1) is 14.0. The minimum atomic E-state index is -3.49. The first-order valence-corrected chi connectivity index (χ1v) is 11.9. The highest BCUT2D eigenvalue weighted by molar-refractivity contribution is 7.89. The zero-order valence-corrected chi connectivity index (χ0v) is 19.1. The van der Waals surface area contributed by atoms with Gasteiger partial charge in [0.2, 0.25) is 10.0 Å². The summed E-state index contributed by atoms with van der Waals surface area (Å²) in [4.78, 5) is 2.83. The van der Waals surface area contributed by atoms with Crippen molar-refractivity contribution in [3.05, 3.63) is 66.2 Å². The van der Waals surface area contributed by atoms with Crippen LogP contribution in [0.5, 0.6) is 0 Å². The van der Waals surface area contributed by atoms with Crippen LogP contribution in [0.3, 0.4) is 0 Å². The standard InChI is InChI=1S/C23H30N2O3S.ClH/c1-20-18-25(29(26,27)22-10-6-3-7-11-22)19-23(28-20)13-16-24(17-14-23)15-12-21-8-4-2-5-9-21;/h2-11,20H,12-19H2,1H3;1H. The molecule has 0 aromatic heterocycles. The average Bonchev–Trinajstić information content (AvgIpc) is 2.74. The fraction of sp³-hybridized carbons (Fsp3) is 0.478. The van der Waals surface area contributed by atoms with E-state index in [1.165, 1.54) is 5.56 Å². The van der Waals surface area contributed by atoms with Crippen LogP contribution in [0.4, 0.5) is 0 Å². The van der Waals surface area contributed by atoms with Crippen LogP contribution in [0.2, 0.25) is 0 Å². The summed E-state index contributed by atoms with van der Waals surface area (Å²) in [6.07, 6.45) is 2.68. The summed E-state index contributed by atoms with van der Waals surface area (Å²) in [6.45, 7) is 5.76. The van der Waals surface area contributed by atoms with Gasteiger partial charge in [0.1, 0.15) is 0 Å². The third kappa shape index (κ3) is 5.24. The molecule has 4 rings (SSSR count). The van der Waals surface area contributed by atoms with Gasteiger partial charge in [-0.3, -0.25) is 0 Å². The van der Waals surface area contributed by atoms with Crippen LogP contribution >= 0.6 is 12.4 Å². The second-order valence-electron chi connectivity index (χ2n) is 8.30. The van der Waals surface area contributed by atoms with E-state index in [4.69, 9.17) is 4.74 Å². The van der Waals surface area contributed by atoms with Gasteiger partial charge >= 0.3 is 0 Å². The molecule has 5 nitrogen and oxygen atoms in total. The molecule has 1 unspecified atom stereocenters. The molecule has 1 spiro atoms. The minimum Gasteiger partial charge on any atom is -0.369 e. The van der Waals surface area contributed by atoms with Crippen molar-refractivity contribution in [1.82, 2.24) is 9.21 Å². The molecule has 2 heterocycles. The number of hydrogen-bond donors (Lipinski definition) is 0. The molecule has 164 valence electrons. The highest BCUT2D eigenvalue weighted by atomic mass is 35.5. The number of sulfonamides is 1. The number of halogens is 1. The quantitative estimate of drug-likeness (QED) is 0.698. The molecule has 0 N–H and O–H groups in total. The molecule has 0 amide bonds. The topological polar surface area (TPSA) is 49.9 Å². The molecule has 0 saturated carbocycles. The first kappa shape index (κ1) is 23.2. The Kier molecular flexibility index (Phi) is 7.58. The molecule has 0 radical (unpaired) electrons. The van der Waals surface area contributed by atoms with Crippen molar-refractivity contribution in [2.45, 2.75) is 42.8 Å². The van der Waals surface area contributed by atoms with Crippen molar-refractivity contribution in [2.75, 3.05) is 32.7 Å². The lowest BCUT2D eigenvalue weighted by Crippen LogP contribution is -2.60. The van der Waals surface area contributed by atoms with E-state index < -0.39 is 10.0 Å². The van der Waals surface area contributed by atoms with E-state index in [0.717, 1.165) is 38.9 Å². The highest BCUT2D eigenvalue weighted by Crippen LogP contribution is 2.34. The Morgan fingerprint density at radius 3 is 2.23 bits per heavy atom. The van der Waals surface area contributed by atoms with Crippen LogP contribution in [0, 0.1) is 0 Å². The molecule has 2 aromatic carbocycles. The molecule has 0 aliphatic carbocycles. The Balaban J connectivity index is 0.00000256. The van der Waals surface area contributed by atoms with Gasteiger partial charge in [-0.25, -0.2) is 8.42 Å². The smallest absolute Gasteiger partial charge is 0.243 e. The van der Waals surface area contributed by atoms with Crippen molar-refractivity contribution in [2.24, 2.45) is 0 Å². The van der Waals surface area contributed by atoms with Gasteiger partial charge in [-0.2, -0.15) is 4.31 Å². The van der Waals surface area contributed by atoms with E-state index >= 15 is 0 Å². The van der Waals surface area contributed by atoms with Crippen molar-refractivity contribution in [3.63, 3.8) is 0 Å². The lowest BCUT2D eigenvalue weighted by Gasteiger charge is -2.49. The molecular formula is C23H31ClN2O3S. The molecule has 2 aliphatic heterocycles.